The molecule has 2 fully saturated rings. The number of hydrogen-bond donors (Lipinski definition) is 1. The second kappa shape index (κ2) is 7.42. The van der Waals surface area contributed by atoms with Crippen LogP contribution in [0.15, 0.2) is 40.9 Å². The van der Waals surface area contributed by atoms with Gasteiger partial charge < -0.3 is 10.2 Å². The number of amides is 1. The van der Waals surface area contributed by atoms with Crippen LogP contribution in [0.5, 0.6) is 0 Å². The Morgan fingerprint density at radius 2 is 1.75 bits per heavy atom. The second-order valence-corrected chi connectivity index (χ2v) is 7.64. The predicted octanol–water partition coefficient (Wildman–Crippen LogP) is 4.10. The molecule has 2 aliphatic rings. The largest absolute Gasteiger partial charge is 0.339 e. The fourth-order valence-corrected chi connectivity index (χ4v) is 4.52. The highest BCUT2D eigenvalue weighted by molar-refractivity contribution is 9.10. The molecule has 2 heterocycles. The summed E-state index contributed by atoms with van der Waals surface area (Å²) in [5.41, 5.74) is 0.820. The van der Waals surface area contributed by atoms with Gasteiger partial charge in [0.1, 0.15) is 0 Å². The first kappa shape index (κ1) is 17.7. The van der Waals surface area contributed by atoms with E-state index in [-0.39, 0.29) is 18.3 Å². The number of nitrogens with one attached hydrogen (secondary N) is 1. The average molecular weight is 410 g/mol. The zero-order valence-corrected chi connectivity index (χ0v) is 15.9. The third-order valence-corrected chi connectivity index (χ3v) is 5.82. The van der Waals surface area contributed by atoms with Crippen molar-refractivity contribution in [1.82, 2.24) is 10.2 Å². The predicted molar refractivity (Wildman–Crippen MR) is 104 cm³/mol. The van der Waals surface area contributed by atoms with Gasteiger partial charge in [0, 0.05) is 23.1 Å². The minimum absolute atomic E-state index is 0. The Labute approximate surface area is 157 Å². The number of carbonyl (C=O) groups is 1. The average Bonchev–Trinajstić information content (AvgIpc) is 2.92. The van der Waals surface area contributed by atoms with E-state index in [2.05, 4.69) is 38.3 Å². The highest BCUT2D eigenvalue weighted by Gasteiger charge is 2.32. The van der Waals surface area contributed by atoms with E-state index in [4.69, 9.17) is 0 Å². The smallest absolute Gasteiger partial charge is 0.254 e. The summed E-state index contributed by atoms with van der Waals surface area (Å²) in [6, 6.07) is 12.2. The summed E-state index contributed by atoms with van der Waals surface area (Å²) < 4.78 is 0.968. The van der Waals surface area contributed by atoms with Crippen LogP contribution in [-0.2, 0) is 0 Å². The van der Waals surface area contributed by atoms with Crippen molar-refractivity contribution >= 4 is 45.0 Å². The molecule has 2 aliphatic heterocycles. The number of rotatable bonds is 1. The minimum Gasteiger partial charge on any atom is -0.339 e. The first-order valence-electron chi connectivity index (χ1n) is 8.40. The molecule has 1 N–H and O–H groups in total. The van der Waals surface area contributed by atoms with Crippen LogP contribution in [0, 0.1) is 11.8 Å². The molecule has 0 aliphatic carbocycles. The van der Waals surface area contributed by atoms with Crippen molar-refractivity contribution in [3.05, 3.63) is 46.4 Å². The fraction of sp³-hybridized carbons (Fsp3) is 0.421. The fourth-order valence-electron chi connectivity index (χ4n) is 4.04. The van der Waals surface area contributed by atoms with Gasteiger partial charge >= 0.3 is 0 Å². The van der Waals surface area contributed by atoms with E-state index < -0.39 is 0 Å². The van der Waals surface area contributed by atoms with Gasteiger partial charge in [-0.2, -0.15) is 0 Å². The molecule has 24 heavy (non-hydrogen) atoms. The molecule has 0 radical (unpaired) electrons. The number of benzene rings is 2. The lowest BCUT2D eigenvalue weighted by molar-refractivity contribution is 0.0760. The normalized spacial score (nSPS) is 23.5. The lowest BCUT2D eigenvalue weighted by Gasteiger charge is -2.22. The first-order chi connectivity index (χ1) is 11.2. The quantitative estimate of drug-likeness (QED) is 0.769. The van der Waals surface area contributed by atoms with Crippen LogP contribution in [0.25, 0.3) is 10.8 Å². The molecule has 2 saturated heterocycles. The number of carbonyl (C=O) groups excluding carboxylic acids is 1. The van der Waals surface area contributed by atoms with Gasteiger partial charge in [0.05, 0.1) is 0 Å². The van der Waals surface area contributed by atoms with Crippen LogP contribution in [0.3, 0.4) is 0 Å². The van der Waals surface area contributed by atoms with Crippen molar-refractivity contribution in [3.8, 4) is 0 Å². The van der Waals surface area contributed by atoms with E-state index in [9.17, 15) is 4.79 Å². The molecular weight excluding hydrogens is 388 g/mol. The Balaban J connectivity index is 0.00000169. The standard InChI is InChI=1S/C19H21BrN2O.ClH/c20-16-9-13-3-1-2-4-17(13)18(10-16)19(23)22-7-5-14-11-21-12-15(14)6-8-22;/h1-4,9-10,14-15,21H,5-8,11-12H2;1H/t14-,15+;. The summed E-state index contributed by atoms with van der Waals surface area (Å²) >= 11 is 3.55. The van der Waals surface area contributed by atoms with Gasteiger partial charge in [-0.25, -0.2) is 0 Å². The molecule has 0 aromatic heterocycles. The van der Waals surface area contributed by atoms with Gasteiger partial charge in [-0.05, 0) is 60.7 Å². The summed E-state index contributed by atoms with van der Waals surface area (Å²) in [5, 5.41) is 5.65. The van der Waals surface area contributed by atoms with Crippen molar-refractivity contribution in [3.63, 3.8) is 0 Å². The molecular formula is C19H22BrClN2O. The molecule has 3 nitrogen and oxygen atoms in total. The summed E-state index contributed by atoms with van der Waals surface area (Å²) in [4.78, 5) is 15.2. The molecule has 2 aromatic rings. The Morgan fingerprint density at radius 3 is 2.46 bits per heavy atom. The number of likely N-dealkylation sites (tertiary alicyclic amines) is 1. The summed E-state index contributed by atoms with van der Waals surface area (Å²) in [6.07, 6.45) is 2.24. The molecule has 0 unspecified atom stereocenters. The van der Waals surface area contributed by atoms with Crippen molar-refractivity contribution in [2.45, 2.75) is 12.8 Å². The van der Waals surface area contributed by atoms with Gasteiger partial charge in [0.15, 0.2) is 0 Å². The van der Waals surface area contributed by atoms with Crippen LogP contribution in [0.2, 0.25) is 0 Å². The van der Waals surface area contributed by atoms with Crippen molar-refractivity contribution in [2.75, 3.05) is 26.2 Å². The van der Waals surface area contributed by atoms with Gasteiger partial charge in [0.2, 0.25) is 0 Å². The lowest BCUT2D eigenvalue weighted by atomic mass is 9.92. The number of hydrogen-bond acceptors (Lipinski definition) is 2. The number of halogens is 2. The SMILES string of the molecule is Cl.O=C(c1cc(Br)cc2ccccc12)N1CC[C@@H]2CNC[C@@H]2CC1. The maximum Gasteiger partial charge on any atom is 0.254 e. The minimum atomic E-state index is 0. The zero-order chi connectivity index (χ0) is 15.8. The molecule has 5 heteroatoms. The van der Waals surface area contributed by atoms with E-state index in [1.807, 2.05) is 24.3 Å². The van der Waals surface area contributed by atoms with Crippen molar-refractivity contribution in [1.29, 1.82) is 0 Å². The maximum atomic E-state index is 13.1. The third-order valence-electron chi connectivity index (χ3n) is 5.36. The monoisotopic (exact) mass is 408 g/mol. The molecule has 128 valence electrons. The van der Waals surface area contributed by atoms with E-state index in [0.717, 1.165) is 71.7 Å². The highest BCUT2D eigenvalue weighted by Crippen LogP contribution is 2.30. The van der Waals surface area contributed by atoms with Crippen molar-refractivity contribution < 1.29 is 4.79 Å². The van der Waals surface area contributed by atoms with Crippen LogP contribution >= 0.6 is 28.3 Å². The van der Waals surface area contributed by atoms with E-state index in [0.29, 0.717) is 0 Å². The molecule has 4 rings (SSSR count). The van der Waals surface area contributed by atoms with Crippen LogP contribution < -0.4 is 5.32 Å². The van der Waals surface area contributed by atoms with Crippen LogP contribution in [-0.4, -0.2) is 37.0 Å². The topological polar surface area (TPSA) is 32.3 Å². The Hall–Kier alpha value is -1.10. The molecule has 1 amide bonds. The maximum absolute atomic E-state index is 13.1. The Bertz CT molecular complexity index is 737. The second-order valence-electron chi connectivity index (χ2n) is 6.72. The molecule has 0 bridgehead atoms. The summed E-state index contributed by atoms with van der Waals surface area (Å²) in [7, 11) is 0. The van der Waals surface area contributed by atoms with E-state index in [1.54, 1.807) is 0 Å². The summed E-state index contributed by atoms with van der Waals surface area (Å²) in [6.45, 7) is 3.99. The van der Waals surface area contributed by atoms with E-state index in [1.165, 1.54) is 0 Å². The number of fused-ring (bicyclic) bond motifs is 2. The molecule has 0 spiro atoms. The van der Waals surface area contributed by atoms with Crippen LogP contribution in [0.4, 0.5) is 0 Å². The third kappa shape index (κ3) is 3.32. The summed E-state index contributed by atoms with van der Waals surface area (Å²) in [5.74, 6) is 1.66. The van der Waals surface area contributed by atoms with Crippen LogP contribution in [0.1, 0.15) is 23.2 Å². The van der Waals surface area contributed by atoms with E-state index >= 15 is 0 Å². The van der Waals surface area contributed by atoms with Crippen molar-refractivity contribution in [2.24, 2.45) is 11.8 Å². The van der Waals surface area contributed by atoms with Gasteiger partial charge in [-0.3, -0.25) is 4.79 Å². The first-order valence-corrected chi connectivity index (χ1v) is 9.20. The van der Waals surface area contributed by atoms with Gasteiger partial charge in [-0.1, -0.05) is 40.2 Å². The molecule has 0 saturated carbocycles. The lowest BCUT2D eigenvalue weighted by Crippen LogP contribution is -2.32. The Kier molecular flexibility index (Phi) is 5.48. The number of nitrogens with zero attached hydrogens (tertiary/aromatic N) is 1. The molecule has 2 aromatic carbocycles. The van der Waals surface area contributed by atoms with Gasteiger partial charge in [0.25, 0.3) is 5.91 Å². The zero-order valence-electron chi connectivity index (χ0n) is 13.5. The van der Waals surface area contributed by atoms with Gasteiger partial charge in [-0.15, -0.1) is 12.4 Å². The highest BCUT2D eigenvalue weighted by atomic mass is 79.9. The molecule has 2 atom stereocenters. The Morgan fingerprint density at radius 1 is 1.08 bits per heavy atom.